The molecule has 1 fully saturated rings. The summed E-state index contributed by atoms with van der Waals surface area (Å²) < 4.78 is 0. The van der Waals surface area contributed by atoms with Crippen molar-refractivity contribution in [1.29, 1.82) is 0 Å². The van der Waals surface area contributed by atoms with Crippen LogP contribution in [-0.4, -0.2) is 23.4 Å². The van der Waals surface area contributed by atoms with Gasteiger partial charge >= 0.3 is 5.97 Å². The van der Waals surface area contributed by atoms with Gasteiger partial charge in [0.25, 0.3) is 0 Å². The van der Waals surface area contributed by atoms with Crippen molar-refractivity contribution in [3.8, 4) is 11.1 Å². The van der Waals surface area contributed by atoms with Gasteiger partial charge in [-0.15, -0.1) is 0 Å². The lowest BCUT2D eigenvalue weighted by Gasteiger charge is -2.16. The third kappa shape index (κ3) is 7.17. The van der Waals surface area contributed by atoms with Gasteiger partial charge in [-0.2, -0.15) is 0 Å². The molecular weight excluding hydrogens is 482 g/mol. The molecule has 3 aromatic carbocycles. The molecule has 2 aliphatic rings. The molecule has 0 saturated heterocycles. The van der Waals surface area contributed by atoms with Crippen molar-refractivity contribution >= 4 is 17.4 Å². The third-order valence-corrected chi connectivity index (χ3v) is 8.94. The molecule has 1 saturated carbocycles. The van der Waals surface area contributed by atoms with Gasteiger partial charge in [0.2, 0.25) is 0 Å². The summed E-state index contributed by atoms with van der Waals surface area (Å²) in [5.74, 6) is 0.603. The number of benzene rings is 3. The van der Waals surface area contributed by atoms with Crippen LogP contribution >= 0.6 is 0 Å². The molecule has 0 radical (unpaired) electrons. The molecule has 39 heavy (non-hydrogen) atoms. The Morgan fingerprint density at radius 1 is 0.821 bits per heavy atom. The van der Waals surface area contributed by atoms with E-state index in [0.717, 1.165) is 63.5 Å². The highest BCUT2D eigenvalue weighted by molar-refractivity contribution is 5.85. The standard InChI is InChI=1S/C35H41NO3/c1-24-4-2-7-33(20-24)36-23-34(37)30-16-14-29-15-18-31(22-32(29)19-17-30)28-12-10-27(11-13-28)26-6-3-5-25(8-9-26)21-35(38)39/h2,4,7,10-13,15,18,20,22,25-26,30,36H,3,5-6,8-9,14,16-17,19,21,23H2,1H3,(H,38,39)/t25-,26?,30?/m1/s1. The zero-order valence-electron chi connectivity index (χ0n) is 23.1. The van der Waals surface area contributed by atoms with Crippen molar-refractivity contribution in [1.82, 2.24) is 0 Å². The van der Waals surface area contributed by atoms with E-state index in [4.69, 9.17) is 5.11 Å². The van der Waals surface area contributed by atoms with Crippen LogP contribution in [0.4, 0.5) is 5.69 Å². The second-order valence-corrected chi connectivity index (χ2v) is 11.7. The van der Waals surface area contributed by atoms with E-state index in [1.54, 1.807) is 0 Å². The molecule has 0 aliphatic heterocycles. The van der Waals surface area contributed by atoms with Crippen molar-refractivity contribution in [3.05, 3.63) is 89.0 Å². The Labute approximate surface area is 232 Å². The number of rotatable bonds is 8. The Balaban J connectivity index is 1.19. The Kier molecular flexibility index (Phi) is 8.81. The number of carbonyl (C=O) groups is 2. The van der Waals surface area contributed by atoms with E-state index in [0.29, 0.717) is 30.6 Å². The van der Waals surface area contributed by atoms with E-state index in [1.165, 1.54) is 33.4 Å². The van der Waals surface area contributed by atoms with Crippen LogP contribution in [0.3, 0.4) is 0 Å². The number of carbonyl (C=O) groups excluding carboxylic acids is 1. The quantitative estimate of drug-likeness (QED) is 0.232. The molecule has 3 atom stereocenters. The van der Waals surface area contributed by atoms with Gasteiger partial charge in [0.1, 0.15) is 0 Å². The Bertz CT molecular complexity index is 1300. The smallest absolute Gasteiger partial charge is 0.303 e. The normalized spacial score (nSPS) is 21.3. The van der Waals surface area contributed by atoms with Crippen LogP contribution in [0.2, 0.25) is 0 Å². The number of nitrogens with one attached hydrogen (secondary N) is 1. The molecule has 0 aromatic heterocycles. The molecular formula is C35H41NO3. The first-order valence-electron chi connectivity index (χ1n) is 14.7. The highest BCUT2D eigenvalue weighted by Crippen LogP contribution is 2.36. The summed E-state index contributed by atoms with van der Waals surface area (Å²) in [6.45, 7) is 2.46. The van der Waals surface area contributed by atoms with E-state index in [2.05, 4.69) is 66.8 Å². The fraction of sp³-hybridized carbons (Fsp3) is 0.429. The first-order chi connectivity index (χ1) is 18.9. The van der Waals surface area contributed by atoms with E-state index in [1.807, 2.05) is 12.1 Å². The summed E-state index contributed by atoms with van der Waals surface area (Å²) in [7, 11) is 0. The average molecular weight is 524 g/mol. The molecule has 0 bridgehead atoms. The van der Waals surface area contributed by atoms with Gasteiger partial charge in [0.15, 0.2) is 5.78 Å². The molecule has 3 aromatic rings. The van der Waals surface area contributed by atoms with Gasteiger partial charge in [-0.05, 0) is 116 Å². The Hall–Kier alpha value is -3.40. The molecule has 0 amide bonds. The number of Topliss-reactive ketones (excluding diaryl/α,β-unsaturated/α-hetero) is 1. The molecule has 5 rings (SSSR count). The minimum Gasteiger partial charge on any atom is -0.481 e. The van der Waals surface area contributed by atoms with E-state index >= 15 is 0 Å². The highest BCUT2D eigenvalue weighted by Gasteiger charge is 2.24. The fourth-order valence-corrected chi connectivity index (χ4v) is 6.61. The summed E-state index contributed by atoms with van der Waals surface area (Å²) in [6, 6.07) is 24.1. The van der Waals surface area contributed by atoms with Crippen LogP contribution in [0.25, 0.3) is 11.1 Å². The van der Waals surface area contributed by atoms with Crippen molar-refractivity contribution in [2.24, 2.45) is 11.8 Å². The number of aliphatic carboxylic acids is 1. The first-order valence-corrected chi connectivity index (χ1v) is 14.7. The molecule has 204 valence electrons. The summed E-state index contributed by atoms with van der Waals surface area (Å²) in [4.78, 5) is 24.1. The van der Waals surface area contributed by atoms with Crippen LogP contribution in [0.1, 0.15) is 79.5 Å². The van der Waals surface area contributed by atoms with Crippen LogP contribution in [0.15, 0.2) is 66.7 Å². The van der Waals surface area contributed by atoms with Crippen LogP contribution in [-0.2, 0) is 22.4 Å². The van der Waals surface area contributed by atoms with Gasteiger partial charge in [0.05, 0.1) is 6.54 Å². The summed E-state index contributed by atoms with van der Waals surface area (Å²) in [5.41, 5.74) is 8.82. The molecule has 4 heteroatoms. The average Bonchev–Trinajstić information content (AvgIpc) is 3.30. The minimum atomic E-state index is -0.666. The number of hydrogen-bond acceptors (Lipinski definition) is 3. The Morgan fingerprint density at radius 3 is 2.36 bits per heavy atom. The van der Waals surface area contributed by atoms with Crippen molar-refractivity contribution in [2.45, 2.75) is 77.0 Å². The lowest BCUT2D eigenvalue weighted by molar-refractivity contribution is -0.138. The van der Waals surface area contributed by atoms with E-state index in [-0.39, 0.29) is 5.92 Å². The molecule has 2 N–H and O–H groups in total. The van der Waals surface area contributed by atoms with E-state index < -0.39 is 5.97 Å². The number of carboxylic acids is 1. The van der Waals surface area contributed by atoms with E-state index in [9.17, 15) is 9.59 Å². The lowest BCUT2D eigenvalue weighted by Crippen LogP contribution is -2.23. The van der Waals surface area contributed by atoms with Crippen molar-refractivity contribution < 1.29 is 14.7 Å². The lowest BCUT2D eigenvalue weighted by atomic mass is 9.89. The van der Waals surface area contributed by atoms with Gasteiger partial charge in [-0.1, -0.05) is 61.0 Å². The maximum Gasteiger partial charge on any atom is 0.303 e. The molecule has 0 heterocycles. The number of fused-ring (bicyclic) bond motifs is 1. The summed E-state index contributed by atoms with van der Waals surface area (Å²) >= 11 is 0. The fourth-order valence-electron chi connectivity index (χ4n) is 6.61. The monoisotopic (exact) mass is 523 g/mol. The second kappa shape index (κ2) is 12.6. The molecule has 2 aliphatic carbocycles. The van der Waals surface area contributed by atoms with Gasteiger partial charge < -0.3 is 10.4 Å². The molecule has 4 nitrogen and oxygen atoms in total. The number of anilines is 1. The zero-order chi connectivity index (χ0) is 27.2. The number of aryl methyl sites for hydroxylation is 3. The molecule has 2 unspecified atom stereocenters. The van der Waals surface area contributed by atoms with Crippen LogP contribution in [0.5, 0.6) is 0 Å². The second-order valence-electron chi connectivity index (χ2n) is 11.7. The van der Waals surface area contributed by atoms with Crippen molar-refractivity contribution in [3.63, 3.8) is 0 Å². The largest absolute Gasteiger partial charge is 0.481 e. The summed E-state index contributed by atoms with van der Waals surface area (Å²) in [6.07, 6.45) is 9.43. The highest BCUT2D eigenvalue weighted by atomic mass is 16.4. The zero-order valence-corrected chi connectivity index (χ0v) is 23.1. The summed E-state index contributed by atoms with van der Waals surface area (Å²) in [5, 5.41) is 12.5. The number of hydrogen-bond donors (Lipinski definition) is 2. The van der Waals surface area contributed by atoms with Gasteiger partial charge in [-0.25, -0.2) is 0 Å². The Morgan fingerprint density at radius 2 is 1.59 bits per heavy atom. The predicted molar refractivity (Wildman–Crippen MR) is 158 cm³/mol. The van der Waals surface area contributed by atoms with Crippen LogP contribution in [0, 0.1) is 18.8 Å². The third-order valence-electron chi connectivity index (χ3n) is 8.94. The predicted octanol–water partition coefficient (Wildman–Crippen LogP) is 7.98. The molecule has 0 spiro atoms. The SMILES string of the molecule is Cc1cccc(NCC(=O)C2CCc3ccc(-c4ccc(C5CCC[C@@H](CC(=O)O)CC5)cc4)cc3CC2)c1. The van der Waals surface area contributed by atoms with Gasteiger partial charge in [-0.3, -0.25) is 9.59 Å². The van der Waals surface area contributed by atoms with Crippen molar-refractivity contribution in [2.75, 3.05) is 11.9 Å². The van der Waals surface area contributed by atoms with Crippen LogP contribution < -0.4 is 5.32 Å². The maximum atomic E-state index is 13.0. The van der Waals surface area contributed by atoms with Gasteiger partial charge in [0, 0.05) is 18.0 Å². The maximum absolute atomic E-state index is 13.0. The number of carboxylic acid groups (broad SMARTS) is 1. The number of ketones is 1. The topological polar surface area (TPSA) is 66.4 Å². The minimum absolute atomic E-state index is 0.104. The first kappa shape index (κ1) is 27.2.